The first-order chi connectivity index (χ1) is 20.7. The van der Waals surface area contributed by atoms with Gasteiger partial charge in [-0.1, -0.05) is 12.1 Å². The zero-order valence-electron chi connectivity index (χ0n) is 23.4. The Labute approximate surface area is 244 Å². The lowest BCUT2D eigenvalue weighted by Crippen LogP contribution is -2.10. The van der Waals surface area contributed by atoms with Crippen molar-refractivity contribution >= 4 is 55.7 Å². The van der Waals surface area contributed by atoms with E-state index in [0.29, 0.717) is 0 Å². The molecule has 7 rings (SSSR count). The van der Waals surface area contributed by atoms with E-state index in [2.05, 4.69) is 92.1 Å². The van der Waals surface area contributed by atoms with Gasteiger partial charge < -0.3 is 9.80 Å². The molecular formula is C36H28N6. The molecule has 0 amide bonds. The van der Waals surface area contributed by atoms with Gasteiger partial charge in [0.1, 0.15) is 0 Å². The Hall–Kier alpha value is -5.62. The predicted molar refractivity (Wildman–Crippen MR) is 171 cm³/mol. The third kappa shape index (κ3) is 4.49. The summed E-state index contributed by atoms with van der Waals surface area (Å²) in [6.45, 7) is 4.44. The number of aromatic nitrogens is 4. The highest BCUT2D eigenvalue weighted by Gasteiger charge is 2.18. The monoisotopic (exact) mass is 544 g/mol. The molecule has 4 aromatic heterocycles. The molecule has 3 aromatic carbocycles. The van der Waals surface area contributed by atoms with E-state index in [1.165, 1.54) is 32.7 Å². The van der Waals surface area contributed by atoms with Crippen LogP contribution in [0.25, 0.3) is 21.5 Å². The molecule has 4 heterocycles. The lowest BCUT2D eigenvalue weighted by Gasteiger charge is -2.26. The topological polar surface area (TPSA) is 58.0 Å². The summed E-state index contributed by atoms with van der Waals surface area (Å²) < 4.78 is 0. The normalized spacial score (nSPS) is 11.1. The van der Waals surface area contributed by atoms with Crippen LogP contribution in [0.4, 0.5) is 34.1 Å². The van der Waals surface area contributed by atoms with Crippen molar-refractivity contribution in [2.24, 2.45) is 0 Å². The maximum atomic E-state index is 4.39. The maximum Gasteiger partial charge on any atom is 0.0644 e. The number of rotatable bonds is 6. The molecule has 0 radical (unpaired) electrons. The van der Waals surface area contributed by atoms with Gasteiger partial charge in [0.2, 0.25) is 0 Å². The van der Waals surface area contributed by atoms with Crippen molar-refractivity contribution in [2.75, 3.05) is 9.80 Å². The van der Waals surface area contributed by atoms with Crippen LogP contribution >= 0.6 is 0 Å². The number of hydrogen-bond donors (Lipinski definition) is 0. The Morgan fingerprint density at radius 3 is 1.19 bits per heavy atom. The summed E-state index contributed by atoms with van der Waals surface area (Å²) in [7, 11) is 0. The van der Waals surface area contributed by atoms with Gasteiger partial charge in [0.25, 0.3) is 0 Å². The number of pyridine rings is 4. The first-order valence-corrected chi connectivity index (χ1v) is 13.9. The molecule has 0 unspecified atom stereocenters. The fourth-order valence-electron chi connectivity index (χ4n) is 5.76. The van der Waals surface area contributed by atoms with Crippen LogP contribution in [-0.4, -0.2) is 19.9 Å². The molecule has 0 aliphatic heterocycles. The highest BCUT2D eigenvalue weighted by molar-refractivity contribution is 6.08. The Bertz CT molecular complexity index is 1770. The average molecular weight is 545 g/mol. The molecule has 202 valence electrons. The van der Waals surface area contributed by atoms with E-state index in [1.807, 2.05) is 73.6 Å². The largest absolute Gasteiger partial charge is 0.309 e. The quantitative estimate of drug-likeness (QED) is 0.195. The first kappa shape index (κ1) is 25.4. The van der Waals surface area contributed by atoms with Crippen molar-refractivity contribution in [3.63, 3.8) is 0 Å². The molecule has 0 aliphatic rings. The van der Waals surface area contributed by atoms with E-state index in [1.54, 1.807) is 12.4 Å². The van der Waals surface area contributed by atoms with E-state index in [-0.39, 0.29) is 0 Å². The summed E-state index contributed by atoms with van der Waals surface area (Å²) in [4.78, 5) is 21.7. The van der Waals surface area contributed by atoms with Gasteiger partial charge in [-0.25, -0.2) is 0 Å². The third-order valence-electron chi connectivity index (χ3n) is 7.79. The van der Waals surface area contributed by atoms with Crippen LogP contribution < -0.4 is 9.80 Å². The smallest absolute Gasteiger partial charge is 0.0644 e. The Balaban J connectivity index is 1.40. The van der Waals surface area contributed by atoms with Crippen molar-refractivity contribution in [1.82, 2.24) is 19.9 Å². The molecule has 0 saturated heterocycles. The average Bonchev–Trinajstić information content (AvgIpc) is 3.06. The molecule has 0 atom stereocenters. The van der Waals surface area contributed by atoms with Crippen molar-refractivity contribution in [1.29, 1.82) is 0 Å². The van der Waals surface area contributed by atoms with Crippen LogP contribution in [0.2, 0.25) is 0 Å². The summed E-state index contributed by atoms with van der Waals surface area (Å²) in [5.74, 6) is 0. The molecule has 0 spiro atoms. The number of aryl methyl sites for hydroxylation is 2. The fourth-order valence-corrected chi connectivity index (χ4v) is 5.76. The molecule has 7 aromatic rings. The molecule has 0 bridgehead atoms. The number of hydrogen-bond acceptors (Lipinski definition) is 6. The molecule has 0 aliphatic carbocycles. The number of anilines is 6. The van der Waals surface area contributed by atoms with E-state index >= 15 is 0 Å². The van der Waals surface area contributed by atoms with Crippen molar-refractivity contribution in [3.05, 3.63) is 146 Å². The zero-order chi connectivity index (χ0) is 28.5. The molecule has 42 heavy (non-hydrogen) atoms. The second-order valence-electron chi connectivity index (χ2n) is 10.2. The number of nitrogens with zero attached hydrogens (tertiary/aromatic N) is 6. The van der Waals surface area contributed by atoms with Gasteiger partial charge in [-0.05, 0) is 119 Å². The maximum absolute atomic E-state index is 4.39. The van der Waals surface area contributed by atoms with Gasteiger partial charge in [-0.3, -0.25) is 19.9 Å². The summed E-state index contributed by atoms with van der Waals surface area (Å²) in [5.41, 5.74) is 8.69. The van der Waals surface area contributed by atoms with E-state index in [0.717, 1.165) is 34.1 Å². The van der Waals surface area contributed by atoms with Gasteiger partial charge in [0.15, 0.2) is 0 Å². The van der Waals surface area contributed by atoms with Crippen LogP contribution in [0, 0.1) is 13.8 Å². The highest BCUT2D eigenvalue weighted by atomic mass is 15.2. The third-order valence-corrected chi connectivity index (χ3v) is 7.79. The zero-order valence-corrected chi connectivity index (χ0v) is 23.4. The van der Waals surface area contributed by atoms with Gasteiger partial charge >= 0.3 is 0 Å². The summed E-state index contributed by atoms with van der Waals surface area (Å²) in [6.07, 6.45) is 14.7. The minimum atomic E-state index is 0.995. The van der Waals surface area contributed by atoms with Crippen molar-refractivity contribution < 1.29 is 0 Å². The Morgan fingerprint density at radius 1 is 0.381 bits per heavy atom. The minimum Gasteiger partial charge on any atom is -0.309 e. The van der Waals surface area contributed by atoms with Crippen LogP contribution in [-0.2, 0) is 0 Å². The lowest BCUT2D eigenvalue weighted by molar-refractivity contribution is 1.21. The van der Waals surface area contributed by atoms with Crippen molar-refractivity contribution in [2.45, 2.75) is 13.8 Å². The molecule has 0 N–H and O–H groups in total. The predicted octanol–water partition coefficient (Wildman–Crippen LogP) is 9.13. The first-order valence-electron chi connectivity index (χ1n) is 13.9. The van der Waals surface area contributed by atoms with Gasteiger partial charge in [0, 0.05) is 59.9 Å². The van der Waals surface area contributed by atoms with E-state index in [9.17, 15) is 0 Å². The van der Waals surface area contributed by atoms with Gasteiger partial charge in [-0.15, -0.1) is 0 Å². The van der Waals surface area contributed by atoms with Gasteiger partial charge in [-0.2, -0.15) is 0 Å². The van der Waals surface area contributed by atoms with Crippen molar-refractivity contribution in [3.8, 4) is 0 Å². The van der Waals surface area contributed by atoms with Gasteiger partial charge in [0.05, 0.1) is 23.8 Å². The highest BCUT2D eigenvalue weighted by Crippen LogP contribution is 2.41. The molecule has 0 saturated carbocycles. The Kier molecular flexibility index (Phi) is 6.49. The van der Waals surface area contributed by atoms with Crippen LogP contribution in [0.15, 0.2) is 135 Å². The fraction of sp³-hybridized carbons (Fsp3) is 0.0556. The summed E-state index contributed by atoms with van der Waals surface area (Å²) >= 11 is 0. The summed E-state index contributed by atoms with van der Waals surface area (Å²) in [6, 6.07) is 29.6. The van der Waals surface area contributed by atoms with Crippen LogP contribution in [0.1, 0.15) is 11.1 Å². The molecule has 6 nitrogen and oxygen atoms in total. The van der Waals surface area contributed by atoms with E-state index in [4.69, 9.17) is 0 Å². The molecule has 0 fully saturated rings. The molecule has 6 heteroatoms. The van der Waals surface area contributed by atoms with Crippen LogP contribution in [0.3, 0.4) is 0 Å². The number of fused-ring (bicyclic) bond motifs is 2. The van der Waals surface area contributed by atoms with E-state index < -0.39 is 0 Å². The molecular weight excluding hydrogens is 516 g/mol. The summed E-state index contributed by atoms with van der Waals surface area (Å²) in [5, 5.41) is 4.93. The standard InChI is InChI=1S/C36H28N6/c1-25-33-9-7-30(42(28-13-19-38-20-14-28)32-6-4-16-40-24-32)22-36(33)26(2)34-10-8-29(21-35(25)34)41(27-11-17-37-18-12-27)31-5-3-15-39-23-31/h3-24H,1-2H3. The second-order valence-corrected chi connectivity index (χ2v) is 10.2. The second kappa shape index (κ2) is 10.7. The minimum absolute atomic E-state index is 0.995. The SMILES string of the molecule is Cc1c2ccc(N(c3ccncc3)c3cccnc3)cc2c(C)c2ccc(N(c3ccncc3)c3cccnc3)cc12. The van der Waals surface area contributed by atoms with Crippen LogP contribution in [0.5, 0.6) is 0 Å². The number of benzene rings is 3. The Morgan fingerprint density at radius 2 is 0.810 bits per heavy atom. The lowest BCUT2D eigenvalue weighted by atomic mass is 9.92.